The fraction of sp³-hybridized carbons (Fsp3) is 0.111. The number of carbonyl (C=O) groups excluding carboxylic acids is 1. The van der Waals surface area contributed by atoms with Gasteiger partial charge in [-0.25, -0.2) is 0 Å². The zero-order chi connectivity index (χ0) is 10.7. The average molecular weight is 273 g/mol. The predicted molar refractivity (Wildman–Crippen MR) is 64.6 cm³/mol. The summed E-state index contributed by atoms with van der Waals surface area (Å²) in [7, 11) is 0. The third-order valence-corrected chi connectivity index (χ3v) is 2.37. The van der Waals surface area contributed by atoms with Gasteiger partial charge in [0.2, 0.25) is 0 Å². The van der Waals surface area contributed by atoms with Gasteiger partial charge in [0, 0.05) is 15.7 Å². The Balaban J connectivity index is 3.00. The number of halogens is 1. The van der Waals surface area contributed by atoms with Gasteiger partial charge >= 0.3 is 0 Å². The van der Waals surface area contributed by atoms with Gasteiger partial charge in [-0.1, -0.05) is 0 Å². The molecule has 0 amide bonds. The first-order valence-corrected chi connectivity index (χ1v) is 5.08. The molecule has 3 N–H and O–H groups in total. The predicted octanol–water partition coefficient (Wildman–Crippen LogP) is 2.31. The van der Waals surface area contributed by atoms with Crippen LogP contribution in [0.2, 0.25) is 0 Å². The van der Waals surface area contributed by atoms with E-state index in [0.717, 1.165) is 10.2 Å². The summed E-state index contributed by atoms with van der Waals surface area (Å²) in [4.78, 5) is 11.1. The van der Waals surface area contributed by atoms with Crippen LogP contribution < -0.4 is 11.1 Å². The lowest BCUT2D eigenvalue weighted by Gasteiger charge is -2.06. The van der Waals surface area contributed by atoms with Crippen molar-refractivity contribution < 1.29 is 4.79 Å². The average Bonchev–Trinajstić information content (AvgIpc) is 2.01. The number of hydrogen-bond acceptors (Lipinski definition) is 2. The highest BCUT2D eigenvalue weighted by molar-refractivity contribution is 9.10. The van der Waals surface area contributed by atoms with Gasteiger partial charge in [-0.15, -0.1) is 0 Å². The minimum absolute atomic E-state index is 0.0127. The largest absolute Gasteiger partial charge is 0.376 e. The van der Waals surface area contributed by atoms with Crippen molar-refractivity contribution in [3.05, 3.63) is 28.2 Å². The molecule has 0 atom stereocenters. The second-order valence-corrected chi connectivity index (χ2v) is 4.03. The Morgan fingerprint density at radius 3 is 2.64 bits per heavy atom. The Bertz CT molecular complexity index is 392. The molecule has 0 spiro atoms. The summed E-state index contributed by atoms with van der Waals surface area (Å²) in [5, 5.41) is 2.98. The van der Waals surface area contributed by atoms with Crippen LogP contribution in [0.25, 0.3) is 0 Å². The molecule has 3 nitrogen and oxygen atoms in total. The first kappa shape index (κ1) is 11.1. The third-order valence-electron chi connectivity index (χ3n) is 1.62. The SMILES string of the molecule is CC(=O)c1ccc(NC(N)=S)cc1Br. The minimum Gasteiger partial charge on any atom is -0.376 e. The molecule has 1 aromatic carbocycles. The number of ketones is 1. The molecule has 0 radical (unpaired) electrons. The van der Waals surface area contributed by atoms with Gasteiger partial charge in [-0.05, 0) is 53.3 Å². The molecule has 0 unspecified atom stereocenters. The van der Waals surface area contributed by atoms with Crippen LogP contribution in [-0.4, -0.2) is 10.9 Å². The van der Waals surface area contributed by atoms with Crippen LogP contribution >= 0.6 is 28.1 Å². The summed E-state index contributed by atoms with van der Waals surface area (Å²) in [6.45, 7) is 1.51. The van der Waals surface area contributed by atoms with E-state index in [0.29, 0.717) is 5.56 Å². The molecule has 0 fully saturated rings. The lowest BCUT2D eigenvalue weighted by atomic mass is 10.1. The Labute approximate surface area is 95.8 Å². The molecular formula is C9H9BrN2OS. The summed E-state index contributed by atoms with van der Waals surface area (Å²) in [6.07, 6.45) is 0. The standard InChI is InChI=1S/C9H9BrN2OS/c1-5(13)7-3-2-6(4-8(7)10)12-9(11)14/h2-4H,1H3,(H3,11,12,14). The smallest absolute Gasteiger partial charge is 0.168 e. The zero-order valence-corrected chi connectivity index (χ0v) is 9.91. The Morgan fingerprint density at radius 1 is 1.57 bits per heavy atom. The molecule has 14 heavy (non-hydrogen) atoms. The zero-order valence-electron chi connectivity index (χ0n) is 7.50. The number of thiocarbonyl (C=S) groups is 1. The summed E-state index contributed by atoms with van der Waals surface area (Å²) < 4.78 is 0.728. The van der Waals surface area contributed by atoms with Crippen molar-refractivity contribution in [3.8, 4) is 0 Å². The summed E-state index contributed by atoms with van der Waals surface area (Å²) in [6, 6.07) is 5.23. The normalized spacial score (nSPS) is 9.57. The van der Waals surface area contributed by atoms with Gasteiger partial charge in [-0.2, -0.15) is 0 Å². The summed E-state index contributed by atoms with van der Waals surface area (Å²) in [5.41, 5.74) is 6.71. The molecule has 0 aromatic heterocycles. The maximum absolute atomic E-state index is 11.1. The van der Waals surface area contributed by atoms with Crippen molar-refractivity contribution in [2.24, 2.45) is 5.73 Å². The molecule has 0 heterocycles. The molecule has 0 aliphatic heterocycles. The monoisotopic (exact) mass is 272 g/mol. The van der Waals surface area contributed by atoms with Crippen LogP contribution in [0.4, 0.5) is 5.69 Å². The van der Waals surface area contributed by atoms with Crippen molar-refractivity contribution in [1.29, 1.82) is 0 Å². The molecule has 0 saturated heterocycles. The third kappa shape index (κ3) is 2.78. The van der Waals surface area contributed by atoms with Gasteiger partial charge in [-0.3, -0.25) is 4.79 Å². The van der Waals surface area contributed by atoms with Crippen molar-refractivity contribution in [2.45, 2.75) is 6.92 Å². The van der Waals surface area contributed by atoms with Gasteiger partial charge < -0.3 is 11.1 Å². The molecule has 1 rings (SSSR count). The lowest BCUT2D eigenvalue weighted by molar-refractivity contribution is 0.101. The van der Waals surface area contributed by atoms with E-state index in [1.807, 2.05) is 0 Å². The highest BCUT2D eigenvalue weighted by atomic mass is 79.9. The minimum atomic E-state index is 0.0127. The van der Waals surface area contributed by atoms with Crippen molar-refractivity contribution in [1.82, 2.24) is 0 Å². The summed E-state index contributed by atoms with van der Waals surface area (Å²) >= 11 is 7.98. The number of carbonyl (C=O) groups is 1. The molecule has 0 aliphatic carbocycles. The molecular weight excluding hydrogens is 264 g/mol. The quantitative estimate of drug-likeness (QED) is 0.641. The maximum atomic E-state index is 11.1. The van der Waals surface area contributed by atoms with Crippen LogP contribution in [0.15, 0.2) is 22.7 Å². The van der Waals surface area contributed by atoms with Gasteiger partial charge in [0.1, 0.15) is 0 Å². The molecule has 0 saturated carbocycles. The Kier molecular flexibility index (Phi) is 3.60. The topological polar surface area (TPSA) is 55.1 Å². The number of benzene rings is 1. The first-order chi connectivity index (χ1) is 6.50. The number of nitrogens with two attached hydrogens (primary N) is 1. The van der Waals surface area contributed by atoms with E-state index in [-0.39, 0.29) is 10.9 Å². The molecule has 74 valence electrons. The molecule has 1 aromatic rings. The van der Waals surface area contributed by atoms with Crippen molar-refractivity contribution in [2.75, 3.05) is 5.32 Å². The Morgan fingerprint density at radius 2 is 2.21 bits per heavy atom. The Hall–Kier alpha value is -0.940. The van der Waals surface area contributed by atoms with Gasteiger partial charge in [0.15, 0.2) is 10.9 Å². The first-order valence-electron chi connectivity index (χ1n) is 3.87. The van der Waals surface area contributed by atoms with Crippen molar-refractivity contribution >= 4 is 44.7 Å². The highest BCUT2D eigenvalue weighted by Gasteiger charge is 2.05. The lowest BCUT2D eigenvalue weighted by Crippen LogP contribution is -2.18. The number of rotatable bonds is 2. The van der Waals surface area contributed by atoms with E-state index in [9.17, 15) is 4.79 Å². The number of Topliss-reactive ketones (excluding diaryl/α,β-unsaturated/α-hetero) is 1. The van der Waals surface area contributed by atoms with Gasteiger partial charge in [0.25, 0.3) is 0 Å². The van der Waals surface area contributed by atoms with E-state index < -0.39 is 0 Å². The van der Waals surface area contributed by atoms with Crippen LogP contribution in [0.3, 0.4) is 0 Å². The van der Waals surface area contributed by atoms with Crippen LogP contribution in [0, 0.1) is 0 Å². The van der Waals surface area contributed by atoms with Crippen LogP contribution in [0.1, 0.15) is 17.3 Å². The van der Waals surface area contributed by atoms with Crippen LogP contribution in [0.5, 0.6) is 0 Å². The fourth-order valence-corrected chi connectivity index (χ4v) is 1.80. The van der Waals surface area contributed by atoms with E-state index in [2.05, 4.69) is 33.5 Å². The van der Waals surface area contributed by atoms with Crippen LogP contribution in [-0.2, 0) is 0 Å². The fourth-order valence-electron chi connectivity index (χ4n) is 1.02. The highest BCUT2D eigenvalue weighted by Crippen LogP contribution is 2.21. The number of nitrogens with one attached hydrogen (secondary N) is 1. The van der Waals surface area contributed by atoms with E-state index in [4.69, 9.17) is 5.73 Å². The van der Waals surface area contributed by atoms with E-state index in [1.54, 1.807) is 18.2 Å². The van der Waals surface area contributed by atoms with E-state index in [1.165, 1.54) is 6.92 Å². The molecule has 5 heteroatoms. The second-order valence-electron chi connectivity index (χ2n) is 2.74. The van der Waals surface area contributed by atoms with Gasteiger partial charge in [0.05, 0.1) is 0 Å². The molecule has 0 bridgehead atoms. The number of hydrogen-bond donors (Lipinski definition) is 2. The maximum Gasteiger partial charge on any atom is 0.168 e. The van der Waals surface area contributed by atoms with E-state index >= 15 is 0 Å². The van der Waals surface area contributed by atoms with Crippen molar-refractivity contribution in [3.63, 3.8) is 0 Å². The summed E-state index contributed by atoms with van der Waals surface area (Å²) in [5.74, 6) is 0.0127. The molecule has 0 aliphatic rings. The second kappa shape index (κ2) is 4.52. The number of anilines is 1.